The molecule has 2 aliphatic rings. The number of nitrogens with zero attached hydrogens (tertiary/aromatic N) is 1. The van der Waals surface area contributed by atoms with Crippen LogP contribution in [0, 0.1) is 0 Å². The molecule has 0 aromatic heterocycles. The average Bonchev–Trinajstić information content (AvgIpc) is 2.45. The van der Waals surface area contributed by atoms with Crippen molar-refractivity contribution in [3.05, 3.63) is 47.1 Å². The van der Waals surface area contributed by atoms with Crippen molar-refractivity contribution < 1.29 is 9.53 Å². The summed E-state index contributed by atoms with van der Waals surface area (Å²) < 4.78 is 5.31. The van der Waals surface area contributed by atoms with Gasteiger partial charge in [0.1, 0.15) is 5.75 Å². The number of para-hydroxylation sites is 1. The van der Waals surface area contributed by atoms with Gasteiger partial charge in [0.05, 0.1) is 12.1 Å². The van der Waals surface area contributed by atoms with Gasteiger partial charge < -0.3 is 4.74 Å². The molecule has 3 heteroatoms. The second-order valence-electron chi connectivity index (χ2n) is 3.67. The minimum Gasteiger partial charge on any atom is -0.422 e. The van der Waals surface area contributed by atoms with Crippen LogP contribution >= 0.6 is 0 Å². The fourth-order valence-electron chi connectivity index (χ4n) is 1.83. The lowest BCUT2D eigenvalue weighted by molar-refractivity contribution is -0.129. The number of benzene rings is 1. The van der Waals surface area contributed by atoms with Crippen molar-refractivity contribution in [2.24, 2.45) is 4.99 Å². The summed E-state index contributed by atoms with van der Waals surface area (Å²) in [6.45, 7) is 0.537. The SMILES string of the molecule is O=C1Oc2ccccc2C=C2CN=CC=C12. The standard InChI is InChI=1S/C13H9NO2/c15-13-11-5-6-14-8-10(11)7-9-3-1-2-4-12(9)16-13/h1-7H,8H2. The molecule has 0 radical (unpaired) electrons. The first-order chi connectivity index (χ1) is 7.84. The number of hydrogen-bond donors (Lipinski definition) is 0. The topological polar surface area (TPSA) is 38.7 Å². The van der Waals surface area contributed by atoms with Gasteiger partial charge in [-0.1, -0.05) is 18.2 Å². The van der Waals surface area contributed by atoms with Crippen LogP contribution in [0.3, 0.4) is 0 Å². The highest BCUT2D eigenvalue weighted by atomic mass is 16.5. The lowest BCUT2D eigenvalue weighted by atomic mass is 10.0. The monoisotopic (exact) mass is 211 g/mol. The lowest BCUT2D eigenvalue weighted by Crippen LogP contribution is -2.14. The molecule has 0 fully saturated rings. The Balaban J connectivity index is 2.18. The predicted octanol–water partition coefficient (Wildman–Crippen LogP) is 2.00. The van der Waals surface area contributed by atoms with Crippen molar-refractivity contribution in [3.8, 4) is 5.75 Å². The largest absolute Gasteiger partial charge is 0.422 e. The van der Waals surface area contributed by atoms with Gasteiger partial charge in [-0.15, -0.1) is 0 Å². The number of rotatable bonds is 0. The summed E-state index contributed by atoms with van der Waals surface area (Å²) in [5.41, 5.74) is 2.44. The van der Waals surface area contributed by atoms with Gasteiger partial charge in [-0.25, -0.2) is 4.79 Å². The number of carbonyl (C=O) groups is 1. The van der Waals surface area contributed by atoms with Crippen LogP contribution in [0.2, 0.25) is 0 Å². The van der Waals surface area contributed by atoms with Crippen LogP contribution in [0.5, 0.6) is 5.75 Å². The highest BCUT2D eigenvalue weighted by molar-refractivity contribution is 6.03. The number of carbonyl (C=O) groups excluding carboxylic acids is 1. The number of dihydropyridines is 1. The Labute approximate surface area is 92.8 Å². The van der Waals surface area contributed by atoms with Crippen LogP contribution in [-0.2, 0) is 4.79 Å². The van der Waals surface area contributed by atoms with Gasteiger partial charge >= 0.3 is 5.97 Å². The van der Waals surface area contributed by atoms with Crippen molar-refractivity contribution in [2.75, 3.05) is 6.54 Å². The highest BCUT2D eigenvalue weighted by Gasteiger charge is 2.22. The van der Waals surface area contributed by atoms with E-state index < -0.39 is 0 Å². The van der Waals surface area contributed by atoms with E-state index in [0.717, 1.165) is 11.1 Å². The molecule has 3 rings (SSSR count). The first kappa shape index (κ1) is 9.09. The van der Waals surface area contributed by atoms with E-state index in [0.29, 0.717) is 17.9 Å². The molecule has 16 heavy (non-hydrogen) atoms. The molecule has 1 aromatic carbocycles. The van der Waals surface area contributed by atoms with Gasteiger partial charge in [0.25, 0.3) is 0 Å². The quantitative estimate of drug-likeness (QED) is 0.486. The van der Waals surface area contributed by atoms with Crippen molar-refractivity contribution >= 4 is 18.3 Å². The fraction of sp³-hybridized carbons (Fsp3) is 0.0769. The second-order valence-corrected chi connectivity index (χ2v) is 3.67. The second kappa shape index (κ2) is 3.45. The third kappa shape index (κ3) is 1.37. The smallest absolute Gasteiger partial charge is 0.343 e. The molecule has 0 atom stereocenters. The molecule has 0 bridgehead atoms. The van der Waals surface area contributed by atoms with Crippen LogP contribution in [0.1, 0.15) is 5.56 Å². The van der Waals surface area contributed by atoms with Crippen LogP contribution in [0.25, 0.3) is 6.08 Å². The number of hydrogen-bond acceptors (Lipinski definition) is 3. The zero-order valence-corrected chi connectivity index (χ0v) is 8.51. The van der Waals surface area contributed by atoms with E-state index in [1.807, 2.05) is 24.3 Å². The molecule has 0 unspecified atom stereocenters. The number of allylic oxidation sites excluding steroid dienone is 1. The Bertz CT molecular complexity index is 553. The van der Waals surface area contributed by atoms with E-state index in [4.69, 9.17) is 4.74 Å². The number of esters is 1. The van der Waals surface area contributed by atoms with E-state index in [1.165, 1.54) is 0 Å². The fourth-order valence-corrected chi connectivity index (χ4v) is 1.83. The maximum atomic E-state index is 11.8. The lowest BCUT2D eigenvalue weighted by Gasteiger charge is -2.08. The molecular formula is C13H9NO2. The Morgan fingerprint density at radius 2 is 2.12 bits per heavy atom. The summed E-state index contributed by atoms with van der Waals surface area (Å²) in [5, 5.41) is 0. The first-order valence-electron chi connectivity index (χ1n) is 5.07. The average molecular weight is 211 g/mol. The third-order valence-corrected chi connectivity index (χ3v) is 2.63. The number of fused-ring (bicyclic) bond motifs is 2. The van der Waals surface area contributed by atoms with Gasteiger partial charge in [-0.3, -0.25) is 4.99 Å². The molecule has 3 nitrogen and oxygen atoms in total. The Morgan fingerprint density at radius 1 is 1.25 bits per heavy atom. The zero-order valence-electron chi connectivity index (χ0n) is 8.51. The minimum absolute atomic E-state index is 0.303. The highest BCUT2D eigenvalue weighted by Crippen LogP contribution is 2.29. The minimum atomic E-state index is -0.303. The molecule has 2 aliphatic heterocycles. The predicted molar refractivity (Wildman–Crippen MR) is 61.5 cm³/mol. The molecule has 0 N–H and O–H groups in total. The summed E-state index contributed by atoms with van der Waals surface area (Å²) >= 11 is 0. The Morgan fingerprint density at radius 3 is 3.06 bits per heavy atom. The van der Waals surface area contributed by atoms with Crippen LogP contribution in [0.15, 0.2) is 46.5 Å². The summed E-state index contributed by atoms with van der Waals surface area (Å²) in [6, 6.07) is 7.49. The molecular weight excluding hydrogens is 202 g/mol. The van der Waals surface area contributed by atoms with Gasteiger partial charge in [0, 0.05) is 11.8 Å². The summed E-state index contributed by atoms with van der Waals surface area (Å²) in [4.78, 5) is 16.0. The Kier molecular flexibility index (Phi) is 1.96. The molecule has 0 spiro atoms. The van der Waals surface area contributed by atoms with E-state index >= 15 is 0 Å². The Hall–Kier alpha value is -2.16. The van der Waals surface area contributed by atoms with E-state index in [2.05, 4.69) is 4.99 Å². The molecule has 0 saturated carbocycles. The van der Waals surface area contributed by atoms with Crippen molar-refractivity contribution in [3.63, 3.8) is 0 Å². The number of ether oxygens (including phenoxy) is 1. The van der Waals surface area contributed by atoms with Gasteiger partial charge in [-0.2, -0.15) is 0 Å². The van der Waals surface area contributed by atoms with Gasteiger partial charge in [0.2, 0.25) is 0 Å². The van der Waals surface area contributed by atoms with Gasteiger partial charge in [-0.05, 0) is 23.8 Å². The summed E-state index contributed by atoms with van der Waals surface area (Å²) in [5.74, 6) is 0.303. The zero-order chi connectivity index (χ0) is 11.0. The van der Waals surface area contributed by atoms with Crippen LogP contribution in [0.4, 0.5) is 0 Å². The maximum Gasteiger partial charge on any atom is 0.343 e. The molecule has 0 saturated heterocycles. The molecule has 1 aromatic rings. The van der Waals surface area contributed by atoms with Crippen molar-refractivity contribution in [1.82, 2.24) is 0 Å². The van der Waals surface area contributed by atoms with Gasteiger partial charge in [0.15, 0.2) is 0 Å². The molecule has 2 heterocycles. The van der Waals surface area contributed by atoms with E-state index in [9.17, 15) is 4.79 Å². The molecule has 0 amide bonds. The van der Waals surface area contributed by atoms with Crippen molar-refractivity contribution in [1.29, 1.82) is 0 Å². The third-order valence-electron chi connectivity index (χ3n) is 2.63. The first-order valence-corrected chi connectivity index (χ1v) is 5.07. The summed E-state index contributed by atoms with van der Waals surface area (Å²) in [6.07, 6.45) is 5.30. The molecule has 0 aliphatic carbocycles. The molecule has 78 valence electrons. The van der Waals surface area contributed by atoms with E-state index in [1.54, 1.807) is 18.4 Å². The summed E-state index contributed by atoms with van der Waals surface area (Å²) in [7, 11) is 0. The normalized spacial score (nSPS) is 17.6. The number of aliphatic imine (C=N–C) groups is 1. The van der Waals surface area contributed by atoms with Crippen molar-refractivity contribution in [2.45, 2.75) is 0 Å². The van der Waals surface area contributed by atoms with Crippen LogP contribution < -0.4 is 4.74 Å². The van der Waals surface area contributed by atoms with Crippen LogP contribution in [-0.4, -0.2) is 18.7 Å². The van der Waals surface area contributed by atoms with E-state index in [-0.39, 0.29) is 5.97 Å². The maximum absolute atomic E-state index is 11.8.